The first-order valence-corrected chi connectivity index (χ1v) is 16.0. The van der Waals surface area contributed by atoms with E-state index >= 15 is 0 Å². The third-order valence-electron chi connectivity index (χ3n) is 7.21. The molecule has 1 unspecified atom stereocenters. The van der Waals surface area contributed by atoms with E-state index in [9.17, 15) is 33.9 Å². The fraction of sp³-hybridized carbons (Fsp3) is 0.172. The van der Waals surface area contributed by atoms with Crippen molar-refractivity contribution >= 4 is 105 Å². The second-order valence-corrected chi connectivity index (χ2v) is 13.2. The van der Waals surface area contributed by atoms with Gasteiger partial charge in [0.05, 0.1) is 36.9 Å². The monoisotopic (exact) mass is 869 g/mol. The first-order valence-electron chi connectivity index (χ1n) is 12.8. The van der Waals surface area contributed by atoms with Gasteiger partial charge in [-0.25, -0.2) is 14.5 Å². The maximum atomic E-state index is 13.6. The number of esters is 3. The number of amides is 2. The highest BCUT2D eigenvalue weighted by molar-refractivity contribution is 9.11. The molecule has 1 atom stereocenters. The van der Waals surface area contributed by atoms with E-state index in [0.717, 1.165) is 11.8 Å². The van der Waals surface area contributed by atoms with Crippen LogP contribution >= 0.6 is 63.7 Å². The minimum atomic E-state index is -2.07. The highest BCUT2D eigenvalue weighted by Gasteiger charge is 2.58. The molecule has 0 bridgehead atoms. The standard InChI is InChI=1S/C29H15Br4NO11/c1-9(35)42-24-15(30)8-14-23(20(24)32)44-25-18(29(14)13-7-11(27(39)40)3-4-12(13)28(41)45-29)22(34-16(37)5-6-17(34)38)19(31)26(21(25)33)43-10(2)36/h3-4,7-8H,5-6H2,1-2H3,(H,39,40). The van der Waals surface area contributed by atoms with Gasteiger partial charge in [-0.15, -0.1) is 0 Å². The molecule has 2 amide bonds. The lowest BCUT2D eigenvalue weighted by Crippen LogP contribution is -2.38. The molecule has 1 fully saturated rings. The van der Waals surface area contributed by atoms with E-state index < -0.39 is 41.3 Å². The zero-order valence-electron chi connectivity index (χ0n) is 22.7. The highest BCUT2D eigenvalue weighted by atomic mass is 79.9. The summed E-state index contributed by atoms with van der Waals surface area (Å²) in [4.78, 5) is 77.4. The first-order chi connectivity index (χ1) is 21.2. The molecule has 45 heavy (non-hydrogen) atoms. The van der Waals surface area contributed by atoms with Crippen molar-refractivity contribution in [3.8, 4) is 23.0 Å². The highest BCUT2D eigenvalue weighted by Crippen LogP contribution is 2.66. The fourth-order valence-electron chi connectivity index (χ4n) is 5.53. The number of hydrogen-bond acceptors (Lipinski definition) is 10. The molecule has 0 saturated carbocycles. The first kappa shape index (κ1) is 31.4. The number of ether oxygens (including phenoxy) is 4. The van der Waals surface area contributed by atoms with Gasteiger partial charge in [0.15, 0.2) is 28.6 Å². The molecule has 16 heteroatoms. The van der Waals surface area contributed by atoms with E-state index in [4.69, 9.17) is 18.9 Å². The van der Waals surface area contributed by atoms with E-state index in [1.807, 2.05) is 0 Å². The molecule has 0 radical (unpaired) electrons. The van der Waals surface area contributed by atoms with E-state index in [1.54, 1.807) is 0 Å². The number of fused-ring (bicyclic) bond motifs is 6. The summed E-state index contributed by atoms with van der Waals surface area (Å²) in [6.07, 6.45) is -0.266. The Hall–Kier alpha value is -3.60. The number of carbonyl (C=O) groups excluding carboxylic acids is 5. The summed E-state index contributed by atoms with van der Waals surface area (Å²) in [6.45, 7) is 2.33. The van der Waals surface area contributed by atoms with Gasteiger partial charge in [-0.2, -0.15) is 0 Å². The van der Waals surface area contributed by atoms with Crippen molar-refractivity contribution in [2.45, 2.75) is 32.3 Å². The van der Waals surface area contributed by atoms with Crippen LogP contribution in [-0.4, -0.2) is 40.8 Å². The number of anilines is 1. The van der Waals surface area contributed by atoms with Crippen molar-refractivity contribution < 1.29 is 52.8 Å². The van der Waals surface area contributed by atoms with Crippen LogP contribution in [0.2, 0.25) is 0 Å². The summed E-state index contributed by atoms with van der Waals surface area (Å²) in [5.74, 6) is -5.12. The lowest BCUT2D eigenvalue weighted by Gasteiger charge is -2.40. The molecule has 230 valence electrons. The summed E-state index contributed by atoms with van der Waals surface area (Å²) < 4.78 is 23.8. The van der Waals surface area contributed by atoms with Crippen LogP contribution in [0.3, 0.4) is 0 Å². The Morgan fingerprint density at radius 3 is 2.04 bits per heavy atom. The molecule has 3 aliphatic rings. The molecule has 1 spiro atoms. The van der Waals surface area contributed by atoms with E-state index in [2.05, 4.69) is 63.7 Å². The van der Waals surface area contributed by atoms with E-state index in [-0.39, 0.29) is 87.2 Å². The Bertz CT molecular complexity index is 1960. The third kappa shape index (κ3) is 4.63. The number of carbonyl (C=O) groups is 6. The van der Waals surface area contributed by atoms with Gasteiger partial charge in [0.2, 0.25) is 11.8 Å². The molecule has 3 aromatic carbocycles. The molecule has 1 N–H and O–H groups in total. The Morgan fingerprint density at radius 1 is 0.844 bits per heavy atom. The van der Waals surface area contributed by atoms with Crippen LogP contribution in [0.25, 0.3) is 0 Å². The molecule has 1 saturated heterocycles. The van der Waals surface area contributed by atoms with E-state index in [0.29, 0.717) is 0 Å². The molecule has 3 aliphatic heterocycles. The van der Waals surface area contributed by atoms with Crippen LogP contribution < -0.4 is 19.1 Å². The molecule has 3 heterocycles. The number of aromatic carboxylic acids is 1. The van der Waals surface area contributed by atoms with Crippen molar-refractivity contribution in [3.63, 3.8) is 0 Å². The third-order valence-corrected chi connectivity index (χ3v) is 9.98. The number of halogens is 4. The maximum absolute atomic E-state index is 13.6. The van der Waals surface area contributed by atoms with Crippen molar-refractivity contribution in [1.82, 2.24) is 0 Å². The molecule has 3 aromatic rings. The minimum Gasteiger partial charge on any atom is -0.478 e. The number of benzene rings is 3. The van der Waals surface area contributed by atoms with E-state index in [1.165, 1.54) is 31.2 Å². The summed E-state index contributed by atoms with van der Waals surface area (Å²) >= 11 is 13.7. The summed E-state index contributed by atoms with van der Waals surface area (Å²) in [5, 5.41) is 9.90. The normalized spacial score (nSPS) is 17.8. The minimum absolute atomic E-state index is 0.00208. The average molecular weight is 873 g/mol. The molecule has 0 aliphatic carbocycles. The molecule has 6 rings (SSSR count). The van der Waals surface area contributed by atoms with Crippen LogP contribution in [-0.2, 0) is 29.5 Å². The number of carboxylic acids is 1. The molecule has 0 aromatic heterocycles. The largest absolute Gasteiger partial charge is 0.478 e. The van der Waals surface area contributed by atoms with Crippen LogP contribution in [0, 0.1) is 0 Å². The number of rotatable bonds is 4. The summed E-state index contributed by atoms with van der Waals surface area (Å²) in [6, 6.07) is 5.24. The zero-order chi connectivity index (χ0) is 32.7. The van der Waals surface area contributed by atoms with Crippen molar-refractivity contribution in [2.24, 2.45) is 0 Å². The predicted molar refractivity (Wildman–Crippen MR) is 167 cm³/mol. The second-order valence-electron chi connectivity index (χ2n) is 9.94. The quantitative estimate of drug-likeness (QED) is 0.173. The number of hydrogen-bond donors (Lipinski definition) is 1. The van der Waals surface area contributed by atoms with Gasteiger partial charge in [0.25, 0.3) is 0 Å². The van der Waals surface area contributed by atoms with Gasteiger partial charge in [-0.05, 0) is 88.0 Å². The zero-order valence-corrected chi connectivity index (χ0v) is 29.1. The Balaban J connectivity index is 1.84. The van der Waals surface area contributed by atoms with Crippen LogP contribution in [0.15, 0.2) is 42.2 Å². The Kier molecular flexibility index (Phi) is 7.69. The number of imide groups is 1. The molecular weight excluding hydrogens is 858 g/mol. The van der Waals surface area contributed by atoms with Gasteiger partial charge in [-0.1, -0.05) is 0 Å². The van der Waals surface area contributed by atoms with Crippen LogP contribution in [0.1, 0.15) is 64.1 Å². The summed E-state index contributed by atoms with van der Waals surface area (Å²) in [7, 11) is 0. The Labute approximate surface area is 286 Å². The lowest BCUT2D eigenvalue weighted by atomic mass is 9.76. The predicted octanol–water partition coefficient (Wildman–Crippen LogP) is 6.51. The second kappa shape index (κ2) is 11.0. The van der Waals surface area contributed by atoms with Crippen LogP contribution in [0.4, 0.5) is 5.69 Å². The molecule has 12 nitrogen and oxygen atoms in total. The van der Waals surface area contributed by atoms with Gasteiger partial charge >= 0.3 is 23.9 Å². The SMILES string of the molecule is CC(=O)Oc1c(Br)cc2c(c1Br)Oc1c(Br)c(OC(C)=O)c(Br)c(N3C(=O)CCC3=O)c1C21OC(=O)c2ccc(C(=O)O)cc21. The van der Waals surface area contributed by atoms with Gasteiger partial charge < -0.3 is 24.1 Å². The number of carboxylic acid groups (broad SMARTS) is 1. The van der Waals surface area contributed by atoms with Crippen molar-refractivity contribution in [3.05, 3.63) is 70.0 Å². The number of nitrogens with zero attached hydrogens (tertiary/aromatic N) is 1. The van der Waals surface area contributed by atoms with Crippen molar-refractivity contribution in [2.75, 3.05) is 4.90 Å². The summed E-state index contributed by atoms with van der Waals surface area (Å²) in [5.41, 5.74) is -2.31. The smallest absolute Gasteiger partial charge is 0.340 e. The lowest BCUT2D eigenvalue weighted by molar-refractivity contribution is -0.132. The maximum Gasteiger partial charge on any atom is 0.340 e. The average Bonchev–Trinajstić information content (AvgIpc) is 3.45. The fourth-order valence-corrected chi connectivity index (χ4v) is 8.37. The van der Waals surface area contributed by atoms with Crippen molar-refractivity contribution in [1.29, 1.82) is 0 Å². The Morgan fingerprint density at radius 2 is 1.44 bits per heavy atom. The van der Waals surface area contributed by atoms with Gasteiger partial charge in [-0.3, -0.25) is 19.2 Å². The topological polar surface area (TPSA) is 163 Å². The van der Waals surface area contributed by atoms with Gasteiger partial charge in [0.1, 0.15) is 8.95 Å². The van der Waals surface area contributed by atoms with Crippen LogP contribution in [0.5, 0.6) is 23.0 Å². The van der Waals surface area contributed by atoms with Gasteiger partial charge in [0, 0.05) is 32.3 Å². The molecular formula is C29H15Br4NO11.